The lowest BCUT2D eigenvalue weighted by atomic mass is 10.8. The van der Waals surface area contributed by atoms with Gasteiger partial charge < -0.3 is 11.2 Å². The summed E-state index contributed by atoms with van der Waals surface area (Å²) in [5.41, 5.74) is 4.98. The molecule has 0 amide bonds. The van der Waals surface area contributed by atoms with Crippen LogP contribution in [0.3, 0.4) is 0 Å². The van der Waals surface area contributed by atoms with E-state index in [0.717, 1.165) is 0 Å². The molecule has 34 valence electrons. The molecule has 0 rings (SSSR count). The first kappa shape index (κ1) is 8.99. The smallest absolute Gasteiger partial charge is 0.0448 e. The van der Waals surface area contributed by atoms with Gasteiger partial charge in [-0.2, -0.15) is 12.6 Å². The normalized spacial score (nSPS) is 12.6. The van der Waals surface area contributed by atoms with E-state index in [0.29, 0.717) is 0 Å². The molecule has 5 heavy (non-hydrogen) atoms. The molecular weight excluding hydrogens is 86.1 g/mol. The van der Waals surface area contributed by atoms with Crippen LogP contribution >= 0.6 is 12.6 Å². The van der Waals surface area contributed by atoms with E-state index in [9.17, 15) is 0 Å². The summed E-state index contributed by atoms with van der Waals surface area (Å²) in [5, 5.41) is 0.0278. The van der Waals surface area contributed by atoms with E-state index in [1.54, 1.807) is 0 Å². The van der Waals surface area contributed by atoms with Crippen molar-refractivity contribution in [1.29, 1.82) is 0 Å². The van der Waals surface area contributed by atoms with Gasteiger partial charge in [-0.05, 0) is 6.92 Å². The van der Waals surface area contributed by atoms with Gasteiger partial charge in [-0.3, -0.25) is 0 Å². The lowest BCUT2D eigenvalue weighted by Crippen LogP contribution is -2.03. The molecule has 2 nitrogen and oxygen atoms in total. The van der Waals surface area contributed by atoms with E-state index in [-0.39, 0.29) is 10.9 Å². The fraction of sp³-hybridized carbons (Fsp3) is 1.00. The third-order valence-electron chi connectivity index (χ3n) is 0. The summed E-state index contributed by atoms with van der Waals surface area (Å²) in [6.45, 7) is 1.81. The Labute approximate surface area is 37.1 Å². The van der Waals surface area contributed by atoms with Gasteiger partial charge in [0, 0.05) is 5.37 Å². The molecule has 0 aromatic rings. The molecule has 3 heteroatoms. The number of thiol groups is 1. The van der Waals surface area contributed by atoms with Gasteiger partial charge in [0.1, 0.15) is 0 Å². The number of hydrogen-bond acceptors (Lipinski definition) is 2. The molecule has 0 aromatic heterocycles. The zero-order chi connectivity index (χ0) is 3.58. The zero-order valence-corrected chi connectivity index (χ0v) is 4.00. The maximum atomic E-state index is 4.98. The van der Waals surface area contributed by atoms with Crippen molar-refractivity contribution in [3.8, 4) is 0 Å². The molecular formula is C2H9NOS. The maximum absolute atomic E-state index is 4.98. The predicted octanol–water partition coefficient (Wildman–Crippen LogP) is -0.604. The third kappa shape index (κ3) is 302. The van der Waals surface area contributed by atoms with Crippen molar-refractivity contribution in [1.82, 2.24) is 0 Å². The average Bonchev–Trinajstić information content (AvgIpc) is 0.811. The Balaban J connectivity index is 0. The fourth-order valence-electron chi connectivity index (χ4n) is 0. The monoisotopic (exact) mass is 95.0 g/mol. The van der Waals surface area contributed by atoms with Gasteiger partial charge in [-0.1, -0.05) is 0 Å². The molecule has 0 radical (unpaired) electrons. The SMILES string of the molecule is CC(N)S.O. The second kappa shape index (κ2) is 4.27. The summed E-state index contributed by atoms with van der Waals surface area (Å²) in [7, 11) is 0. The Kier molecular flexibility index (Phi) is 7.67. The van der Waals surface area contributed by atoms with E-state index >= 15 is 0 Å². The zero-order valence-electron chi connectivity index (χ0n) is 3.10. The number of nitrogens with two attached hydrogens (primary N) is 1. The molecule has 1 unspecified atom stereocenters. The minimum absolute atomic E-state index is 0. The molecule has 0 fully saturated rings. The van der Waals surface area contributed by atoms with Crippen molar-refractivity contribution >= 4 is 12.6 Å². The van der Waals surface area contributed by atoms with E-state index in [4.69, 9.17) is 5.73 Å². The van der Waals surface area contributed by atoms with E-state index < -0.39 is 0 Å². The minimum atomic E-state index is 0. The van der Waals surface area contributed by atoms with Crippen LogP contribution in [0.5, 0.6) is 0 Å². The maximum Gasteiger partial charge on any atom is 0.0448 e. The number of rotatable bonds is 0. The Hall–Kier alpha value is 0.270. The van der Waals surface area contributed by atoms with Crippen LogP contribution in [0.1, 0.15) is 6.92 Å². The van der Waals surface area contributed by atoms with Gasteiger partial charge in [-0.25, -0.2) is 0 Å². The van der Waals surface area contributed by atoms with E-state index in [1.807, 2.05) is 6.92 Å². The highest BCUT2D eigenvalue weighted by Crippen LogP contribution is 1.72. The summed E-state index contributed by atoms with van der Waals surface area (Å²) >= 11 is 3.74. The van der Waals surface area contributed by atoms with Gasteiger partial charge >= 0.3 is 0 Å². The second-order valence-electron chi connectivity index (χ2n) is 0.741. The van der Waals surface area contributed by atoms with Crippen molar-refractivity contribution in [2.24, 2.45) is 5.73 Å². The van der Waals surface area contributed by atoms with Gasteiger partial charge in [0.15, 0.2) is 0 Å². The van der Waals surface area contributed by atoms with Crippen molar-refractivity contribution in [3.63, 3.8) is 0 Å². The highest BCUT2D eigenvalue weighted by atomic mass is 32.1. The molecule has 0 aliphatic heterocycles. The quantitative estimate of drug-likeness (QED) is 0.306. The predicted molar refractivity (Wildman–Crippen MR) is 26.2 cm³/mol. The largest absolute Gasteiger partial charge is 0.412 e. The summed E-state index contributed by atoms with van der Waals surface area (Å²) in [6, 6.07) is 0. The molecule has 0 saturated heterocycles. The van der Waals surface area contributed by atoms with Crippen LogP contribution in [0.25, 0.3) is 0 Å². The van der Waals surface area contributed by atoms with Gasteiger partial charge in [0.05, 0.1) is 0 Å². The second-order valence-corrected chi connectivity index (χ2v) is 1.56. The van der Waals surface area contributed by atoms with E-state index in [2.05, 4.69) is 12.6 Å². The first-order valence-electron chi connectivity index (χ1n) is 1.17. The van der Waals surface area contributed by atoms with Gasteiger partial charge in [0.2, 0.25) is 0 Å². The lowest BCUT2D eigenvalue weighted by Gasteiger charge is -1.80. The molecule has 4 N–H and O–H groups in total. The molecule has 0 bridgehead atoms. The van der Waals surface area contributed by atoms with Crippen LogP contribution in [0, 0.1) is 0 Å². The van der Waals surface area contributed by atoms with Crippen molar-refractivity contribution in [2.75, 3.05) is 0 Å². The molecule has 0 spiro atoms. The third-order valence-corrected chi connectivity index (χ3v) is 0. The summed E-state index contributed by atoms with van der Waals surface area (Å²) in [6.07, 6.45) is 0. The summed E-state index contributed by atoms with van der Waals surface area (Å²) in [4.78, 5) is 0. The van der Waals surface area contributed by atoms with Crippen molar-refractivity contribution in [2.45, 2.75) is 12.3 Å². The summed E-state index contributed by atoms with van der Waals surface area (Å²) < 4.78 is 0. The van der Waals surface area contributed by atoms with Crippen LogP contribution in [0.4, 0.5) is 0 Å². The molecule has 1 atom stereocenters. The van der Waals surface area contributed by atoms with Gasteiger partial charge in [0.25, 0.3) is 0 Å². The van der Waals surface area contributed by atoms with Crippen LogP contribution < -0.4 is 5.73 Å². The van der Waals surface area contributed by atoms with E-state index in [1.165, 1.54) is 0 Å². The summed E-state index contributed by atoms with van der Waals surface area (Å²) in [5.74, 6) is 0. The van der Waals surface area contributed by atoms with Crippen molar-refractivity contribution in [3.05, 3.63) is 0 Å². The Morgan fingerprint density at radius 3 is 1.80 bits per heavy atom. The molecule has 0 aromatic carbocycles. The highest BCUT2D eigenvalue weighted by Gasteiger charge is 1.68. The van der Waals surface area contributed by atoms with Crippen LogP contribution in [0.2, 0.25) is 0 Å². The van der Waals surface area contributed by atoms with Crippen LogP contribution in [-0.4, -0.2) is 10.9 Å². The minimum Gasteiger partial charge on any atom is -0.412 e. The van der Waals surface area contributed by atoms with Gasteiger partial charge in [-0.15, -0.1) is 0 Å². The first-order chi connectivity index (χ1) is 1.73. The molecule has 0 aliphatic rings. The number of hydrogen-bond donors (Lipinski definition) is 2. The lowest BCUT2D eigenvalue weighted by molar-refractivity contribution is 0.824. The Morgan fingerprint density at radius 2 is 1.80 bits per heavy atom. The fourth-order valence-corrected chi connectivity index (χ4v) is 0. The highest BCUT2D eigenvalue weighted by molar-refractivity contribution is 7.80. The molecule has 0 saturated carbocycles. The Bertz CT molecular complexity index is 14.4. The molecule has 0 heterocycles. The molecule has 0 aliphatic carbocycles. The van der Waals surface area contributed by atoms with Crippen LogP contribution in [-0.2, 0) is 0 Å². The standard InChI is InChI=1S/C2H7NS.H2O/c1-2(3)4;/h2,4H,3H2,1H3;1H2. The topological polar surface area (TPSA) is 57.5 Å². The average molecular weight is 95.2 g/mol. The Morgan fingerprint density at radius 1 is 1.80 bits per heavy atom. The first-order valence-corrected chi connectivity index (χ1v) is 1.69. The van der Waals surface area contributed by atoms with Crippen LogP contribution in [0.15, 0.2) is 0 Å². The van der Waals surface area contributed by atoms with Crippen molar-refractivity contribution < 1.29 is 5.48 Å².